The van der Waals surface area contributed by atoms with Gasteiger partial charge in [0.2, 0.25) is 0 Å². The van der Waals surface area contributed by atoms with Crippen LogP contribution in [0.4, 0.5) is 0 Å². The molecule has 37 heavy (non-hydrogen) atoms. The fraction of sp³-hybridized carbons (Fsp3) is 0.844. The van der Waals surface area contributed by atoms with Gasteiger partial charge in [-0.15, -0.1) is 0 Å². The van der Waals surface area contributed by atoms with Crippen molar-refractivity contribution in [2.45, 2.75) is 135 Å². The van der Waals surface area contributed by atoms with Gasteiger partial charge in [0.15, 0.2) is 0 Å². The lowest BCUT2D eigenvalue weighted by Gasteiger charge is -2.22. The molecule has 0 amide bonds. The quantitative estimate of drug-likeness (QED) is 0.0596. The molecule has 5 heteroatoms. The number of rotatable bonds is 29. The van der Waals surface area contributed by atoms with Crippen LogP contribution in [0.25, 0.3) is 0 Å². The number of hydrogen-bond acceptors (Lipinski definition) is 5. The van der Waals surface area contributed by atoms with E-state index in [1.807, 2.05) is 0 Å². The van der Waals surface area contributed by atoms with Gasteiger partial charge >= 0.3 is 5.97 Å². The Hall–Kier alpha value is -1.17. The third kappa shape index (κ3) is 29.2. The first-order valence-corrected chi connectivity index (χ1v) is 15.6. The Morgan fingerprint density at radius 2 is 1.14 bits per heavy atom. The van der Waals surface area contributed by atoms with Crippen LogP contribution >= 0.6 is 0 Å². The summed E-state index contributed by atoms with van der Waals surface area (Å²) in [6.45, 7) is 6.43. The third-order valence-electron chi connectivity index (χ3n) is 6.73. The molecule has 0 aliphatic heterocycles. The second kappa shape index (κ2) is 31.1. The summed E-state index contributed by atoms with van der Waals surface area (Å²) < 4.78 is 5.44. The van der Waals surface area contributed by atoms with Crippen molar-refractivity contribution in [2.24, 2.45) is 0 Å². The lowest BCUT2D eigenvalue weighted by Crippen LogP contribution is -2.27. The van der Waals surface area contributed by atoms with E-state index in [9.17, 15) is 4.79 Å². The fourth-order valence-electron chi connectivity index (χ4n) is 4.36. The zero-order valence-corrected chi connectivity index (χ0v) is 24.4. The van der Waals surface area contributed by atoms with Crippen molar-refractivity contribution in [2.75, 3.05) is 39.5 Å². The van der Waals surface area contributed by atoms with Crippen LogP contribution in [0.3, 0.4) is 0 Å². The summed E-state index contributed by atoms with van der Waals surface area (Å²) in [7, 11) is 0. The highest BCUT2D eigenvalue weighted by molar-refractivity contribution is 5.69. The van der Waals surface area contributed by atoms with Crippen LogP contribution in [0.5, 0.6) is 0 Å². The van der Waals surface area contributed by atoms with Crippen LogP contribution in [-0.4, -0.2) is 60.5 Å². The zero-order valence-electron chi connectivity index (χ0n) is 24.4. The van der Waals surface area contributed by atoms with Gasteiger partial charge in [-0.1, -0.05) is 76.2 Å². The predicted molar refractivity (Wildman–Crippen MR) is 158 cm³/mol. The number of allylic oxidation sites excluding steroid dienone is 4. The van der Waals surface area contributed by atoms with Crippen LogP contribution in [0.1, 0.15) is 135 Å². The van der Waals surface area contributed by atoms with Crippen molar-refractivity contribution < 1.29 is 19.7 Å². The topological polar surface area (TPSA) is 70.0 Å². The molecule has 0 rings (SSSR count). The van der Waals surface area contributed by atoms with Gasteiger partial charge in [0.05, 0.1) is 6.61 Å². The molecule has 2 N–H and O–H groups in total. The van der Waals surface area contributed by atoms with Gasteiger partial charge in [0.1, 0.15) is 0 Å². The Bertz CT molecular complexity index is 521. The fourth-order valence-corrected chi connectivity index (χ4v) is 4.36. The summed E-state index contributed by atoms with van der Waals surface area (Å²) in [5.41, 5.74) is 0. The van der Waals surface area contributed by atoms with Gasteiger partial charge in [-0.25, -0.2) is 0 Å². The lowest BCUT2D eigenvalue weighted by atomic mass is 10.1. The van der Waals surface area contributed by atoms with Crippen LogP contribution in [-0.2, 0) is 9.53 Å². The highest BCUT2D eigenvalue weighted by Crippen LogP contribution is 2.09. The highest BCUT2D eigenvalue weighted by atomic mass is 16.5. The summed E-state index contributed by atoms with van der Waals surface area (Å²) >= 11 is 0. The molecule has 0 aliphatic carbocycles. The van der Waals surface area contributed by atoms with Crippen molar-refractivity contribution in [3.05, 3.63) is 24.3 Å². The molecule has 0 unspecified atom stereocenters. The van der Waals surface area contributed by atoms with E-state index in [1.54, 1.807) is 0 Å². The molecule has 0 saturated carbocycles. The summed E-state index contributed by atoms with van der Waals surface area (Å²) in [4.78, 5) is 14.5. The minimum Gasteiger partial charge on any atom is -0.466 e. The normalized spacial score (nSPS) is 11.9. The molecule has 0 radical (unpaired) electrons. The maximum absolute atomic E-state index is 12.0. The zero-order chi connectivity index (χ0) is 27.1. The number of hydrogen-bond donors (Lipinski definition) is 2. The van der Waals surface area contributed by atoms with E-state index in [0.717, 1.165) is 96.7 Å². The number of nitrogens with zero attached hydrogens (tertiary/aromatic N) is 1. The van der Waals surface area contributed by atoms with Gasteiger partial charge in [0.25, 0.3) is 0 Å². The highest BCUT2D eigenvalue weighted by Gasteiger charge is 2.06. The van der Waals surface area contributed by atoms with Gasteiger partial charge in [-0.05, 0) is 96.7 Å². The maximum Gasteiger partial charge on any atom is 0.305 e. The monoisotopic (exact) mass is 523 g/mol. The lowest BCUT2D eigenvalue weighted by molar-refractivity contribution is -0.143. The molecule has 0 aromatic rings. The SMILES string of the molecule is CCCCC/C=C\C/C=C\CCCCCCCC(=O)OCCCCN(CCCCO)CCCCCCO. The molecule has 5 nitrogen and oxygen atoms in total. The molecular formula is C32H61NO4. The minimum atomic E-state index is -0.0469. The molecule has 0 bridgehead atoms. The first kappa shape index (κ1) is 35.8. The van der Waals surface area contributed by atoms with Gasteiger partial charge in [0, 0.05) is 19.6 Å². The number of esters is 1. The van der Waals surface area contributed by atoms with E-state index >= 15 is 0 Å². The average molecular weight is 524 g/mol. The predicted octanol–water partition coefficient (Wildman–Crippen LogP) is 7.75. The number of ether oxygens (including phenoxy) is 1. The Morgan fingerprint density at radius 1 is 0.622 bits per heavy atom. The molecule has 0 heterocycles. The molecule has 0 spiro atoms. The van der Waals surface area contributed by atoms with Gasteiger partial charge in [-0.2, -0.15) is 0 Å². The molecular weight excluding hydrogens is 462 g/mol. The summed E-state index contributed by atoms with van der Waals surface area (Å²) in [6.07, 6.45) is 30.9. The Kier molecular flexibility index (Phi) is 30.1. The number of unbranched alkanes of at least 4 members (excludes halogenated alkanes) is 13. The number of carbonyl (C=O) groups excluding carboxylic acids is 1. The van der Waals surface area contributed by atoms with E-state index in [2.05, 4.69) is 36.1 Å². The van der Waals surface area contributed by atoms with Gasteiger partial charge < -0.3 is 19.8 Å². The second-order valence-electron chi connectivity index (χ2n) is 10.3. The first-order chi connectivity index (χ1) is 18.2. The molecule has 0 aliphatic rings. The van der Waals surface area contributed by atoms with Crippen molar-refractivity contribution in [3.8, 4) is 0 Å². The first-order valence-electron chi connectivity index (χ1n) is 15.6. The standard InChI is InChI=1S/C32H61NO4/c1-2-3-4-5-6-7-8-9-10-11-12-13-14-15-18-25-32(36)37-31-24-21-28-33(27-20-23-30-35)26-19-16-17-22-29-34/h6-7,9-10,34-35H,2-5,8,11-31H2,1H3/b7-6-,10-9-. The second-order valence-corrected chi connectivity index (χ2v) is 10.3. The van der Waals surface area contributed by atoms with Crippen molar-refractivity contribution in [1.82, 2.24) is 4.90 Å². The molecule has 0 saturated heterocycles. The van der Waals surface area contributed by atoms with Crippen LogP contribution in [0.2, 0.25) is 0 Å². The maximum atomic E-state index is 12.0. The van der Waals surface area contributed by atoms with Crippen LogP contribution in [0, 0.1) is 0 Å². The van der Waals surface area contributed by atoms with Crippen molar-refractivity contribution in [3.63, 3.8) is 0 Å². The van der Waals surface area contributed by atoms with Crippen molar-refractivity contribution >= 4 is 5.97 Å². The molecule has 218 valence electrons. The van der Waals surface area contributed by atoms with Crippen molar-refractivity contribution in [1.29, 1.82) is 0 Å². The van der Waals surface area contributed by atoms with Gasteiger partial charge in [-0.3, -0.25) is 4.79 Å². The van der Waals surface area contributed by atoms with E-state index < -0.39 is 0 Å². The minimum absolute atomic E-state index is 0.0469. The smallest absolute Gasteiger partial charge is 0.305 e. The van der Waals surface area contributed by atoms with Crippen LogP contribution < -0.4 is 0 Å². The molecule has 0 fully saturated rings. The van der Waals surface area contributed by atoms with E-state index in [-0.39, 0.29) is 19.2 Å². The van der Waals surface area contributed by atoms with Crippen LogP contribution in [0.15, 0.2) is 24.3 Å². The summed E-state index contributed by atoms with van der Waals surface area (Å²) in [5.74, 6) is -0.0469. The molecule has 0 aromatic carbocycles. The number of aliphatic hydroxyl groups excluding tert-OH is 2. The Labute approximate surface area is 229 Å². The Morgan fingerprint density at radius 3 is 1.81 bits per heavy atom. The van der Waals surface area contributed by atoms with E-state index in [4.69, 9.17) is 14.9 Å². The summed E-state index contributed by atoms with van der Waals surface area (Å²) in [5, 5.41) is 17.9. The third-order valence-corrected chi connectivity index (χ3v) is 6.73. The molecule has 0 aromatic heterocycles. The summed E-state index contributed by atoms with van der Waals surface area (Å²) in [6, 6.07) is 0. The number of aliphatic hydroxyl groups is 2. The van der Waals surface area contributed by atoms with E-state index in [0.29, 0.717) is 13.0 Å². The number of carbonyl (C=O) groups is 1. The van der Waals surface area contributed by atoms with E-state index in [1.165, 1.54) is 44.9 Å². The molecule has 0 atom stereocenters. The Balaban J connectivity index is 3.61. The average Bonchev–Trinajstić information content (AvgIpc) is 2.90. The largest absolute Gasteiger partial charge is 0.466 e.